The van der Waals surface area contributed by atoms with E-state index in [1.165, 1.54) is 5.69 Å². The van der Waals surface area contributed by atoms with Crippen molar-refractivity contribution in [2.24, 2.45) is 7.05 Å². The van der Waals surface area contributed by atoms with Gasteiger partial charge in [-0.3, -0.25) is 0 Å². The molecule has 2 rings (SSSR count). The Morgan fingerprint density at radius 3 is 2.59 bits per heavy atom. The molecule has 4 heteroatoms. The molecule has 0 saturated heterocycles. The fourth-order valence-electron chi connectivity index (χ4n) is 2.39. The molecule has 17 heavy (non-hydrogen) atoms. The second kappa shape index (κ2) is 4.35. The Kier molecular flexibility index (Phi) is 2.89. The van der Waals surface area contributed by atoms with E-state index < -0.39 is 0 Å². The van der Waals surface area contributed by atoms with Crippen LogP contribution in [0, 0.1) is 22.7 Å². The van der Waals surface area contributed by atoms with Gasteiger partial charge in [-0.2, -0.15) is 10.5 Å². The van der Waals surface area contributed by atoms with Crippen molar-refractivity contribution >= 4 is 5.76 Å². The summed E-state index contributed by atoms with van der Waals surface area (Å²) in [6.45, 7) is 0. The second-order valence-electron chi connectivity index (χ2n) is 4.23. The Bertz CT molecular complexity index is 551. The van der Waals surface area contributed by atoms with Gasteiger partial charge in [-0.05, 0) is 31.2 Å². The standard InChI is InChI=1S/C13H13N3O/c1-16-8-11(13(17)9(6-14)7-15)10-4-2-3-5-12(10)16/h8,17H,2-5H2,1H3. The summed E-state index contributed by atoms with van der Waals surface area (Å²) >= 11 is 0. The Balaban J connectivity index is 2.59. The molecule has 0 bridgehead atoms. The highest BCUT2D eigenvalue weighted by Gasteiger charge is 2.21. The van der Waals surface area contributed by atoms with Crippen molar-refractivity contribution in [3.8, 4) is 12.1 Å². The molecule has 0 saturated carbocycles. The SMILES string of the molecule is Cn1cc(C(O)=C(C#N)C#N)c2c1CCCC2. The number of hydrogen-bond acceptors (Lipinski definition) is 3. The number of nitrogens with zero attached hydrogens (tertiary/aromatic N) is 3. The van der Waals surface area contributed by atoms with Crippen LogP contribution in [0.25, 0.3) is 5.76 Å². The summed E-state index contributed by atoms with van der Waals surface area (Å²) in [7, 11) is 1.93. The molecular formula is C13H13N3O. The molecule has 1 aliphatic rings. The average molecular weight is 227 g/mol. The number of nitriles is 2. The minimum atomic E-state index is -0.219. The topological polar surface area (TPSA) is 72.7 Å². The number of aromatic nitrogens is 1. The summed E-state index contributed by atoms with van der Waals surface area (Å²) in [6.07, 6.45) is 5.94. The van der Waals surface area contributed by atoms with Crippen LogP contribution >= 0.6 is 0 Å². The Morgan fingerprint density at radius 2 is 1.94 bits per heavy atom. The van der Waals surface area contributed by atoms with Crippen LogP contribution in [0.5, 0.6) is 0 Å². The number of rotatable bonds is 1. The molecule has 1 aliphatic carbocycles. The van der Waals surface area contributed by atoms with Gasteiger partial charge in [0.25, 0.3) is 0 Å². The lowest BCUT2D eigenvalue weighted by molar-refractivity contribution is 0.508. The molecule has 4 nitrogen and oxygen atoms in total. The predicted molar refractivity (Wildman–Crippen MR) is 62.8 cm³/mol. The number of hydrogen-bond donors (Lipinski definition) is 1. The molecule has 1 aromatic heterocycles. The van der Waals surface area contributed by atoms with E-state index in [1.54, 1.807) is 18.3 Å². The lowest BCUT2D eigenvalue weighted by atomic mass is 9.94. The first kappa shape index (κ1) is 11.3. The van der Waals surface area contributed by atoms with Crippen LogP contribution in [0.3, 0.4) is 0 Å². The van der Waals surface area contributed by atoms with Crippen molar-refractivity contribution in [1.29, 1.82) is 10.5 Å². The van der Waals surface area contributed by atoms with Crippen LogP contribution in [0.2, 0.25) is 0 Å². The lowest BCUT2D eigenvalue weighted by Gasteiger charge is -2.14. The number of allylic oxidation sites excluding steroid dienone is 1. The summed E-state index contributed by atoms with van der Waals surface area (Å²) < 4.78 is 1.98. The molecule has 0 spiro atoms. The fraction of sp³-hybridized carbons (Fsp3) is 0.385. The van der Waals surface area contributed by atoms with Gasteiger partial charge in [-0.15, -0.1) is 0 Å². The molecule has 1 heterocycles. The van der Waals surface area contributed by atoms with Crippen LogP contribution in [0.1, 0.15) is 29.7 Å². The second-order valence-corrected chi connectivity index (χ2v) is 4.23. The van der Waals surface area contributed by atoms with E-state index in [9.17, 15) is 5.11 Å². The summed E-state index contributed by atoms with van der Waals surface area (Å²) in [5.74, 6) is -0.186. The van der Waals surface area contributed by atoms with Crippen molar-refractivity contribution in [2.45, 2.75) is 25.7 Å². The van der Waals surface area contributed by atoms with Gasteiger partial charge in [0.15, 0.2) is 11.3 Å². The van der Waals surface area contributed by atoms with Crippen molar-refractivity contribution in [3.63, 3.8) is 0 Å². The largest absolute Gasteiger partial charge is 0.505 e. The average Bonchev–Trinajstić information content (AvgIpc) is 2.69. The van der Waals surface area contributed by atoms with Gasteiger partial charge >= 0.3 is 0 Å². The molecule has 0 amide bonds. The minimum absolute atomic E-state index is 0.186. The van der Waals surface area contributed by atoms with Crippen molar-refractivity contribution in [1.82, 2.24) is 4.57 Å². The normalized spacial score (nSPS) is 13.4. The Labute approximate surface area is 100 Å². The number of aliphatic hydroxyl groups is 1. The Morgan fingerprint density at radius 1 is 1.29 bits per heavy atom. The fourth-order valence-corrected chi connectivity index (χ4v) is 2.39. The highest BCUT2D eigenvalue weighted by Crippen LogP contribution is 2.30. The third kappa shape index (κ3) is 1.79. The number of fused-ring (bicyclic) bond motifs is 1. The van der Waals surface area contributed by atoms with E-state index >= 15 is 0 Å². The van der Waals surface area contributed by atoms with E-state index in [4.69, 9.17) is 10.5 Å². The summed E-state index contributed by atoms with van der Waals surface area (Å²) in [5.41, 5.74) is 2.71. The lowest BCUT2D eigenvalue weighted by Crippen LogP contribution is -2.05. The molecule has 0 radical (unpaired) electrons. The molecule has 0 fully saturated rings. The molecule has 1 N–H and O–H groups in total. The van der Waals surface area contributed by atoms with E-state index in [1.807, 2.05) is 11.6 Å². The maximum atomic E-state index is 9.97. The summed E-state index contributed by atoms with van der Waals surface area (Å²) in [4.78, 5) is 0. The van der Waals surface area contributed by atoms with Crippen molar-refractivity contribution < 1.29 is 5.11 Å². The van der Waals surface area contributed by atoms with Gasteiger partial charge in [0, 0.05) is 24.5 Å². The summed E-state index contributed by atoms with van der Waals surface area (Å²) in [6, 6.07) is 3.45. The van der Waals surface area contributed by atoms with Gasteiger partial charge in [-0.25, -0.2) is 0 Å². The first-order valence-corrected chi connectivity index (χ1v) is 5.60. The van der Waals surface area contributed by atoms with Crippen LogP contribution in [0.4, 0.5) is 0 Å². The highest BCUT2D eigenvalue weighted by atomic mass is 16.3. The van der Waals surface area contributed by atoms with E-state index in [2.05, 4.69) is 0 Å². The first-order valence-electron chi connectivity index (χ1n) is 5.60. The van der Waals surface area contributed by atoms with E-state index in [0.717, 1.165) is 31.2 Å². The molecule has 1 aromatic rings. The zero-order valence-corrected chi connectivity index (χ0v) is 9.69. The van der Waals surface area contributed by atoms with Crippen molar-refractivity contribution in [3.05, 3.63) is 28.6 Å². The van der Waals surface area contributed by atoms with Crippen LogP contribution in [-0.2, 0) is 19.9 Å². The smallest absolute Gasteiger partial charge is 0.171 e. The molecule has 0 atom stereocenters. The predicted octanol–water partition coefficient (Wildman–Crippen LogP) is 2.22. The van der Waals surface area contributed by atoms with E-state index in [0.29, 0.717) is 5.56 Å². The molecular weight excluding hydrogens is 214 g/mol. The molecule has 0 aromatic carbocycles. The van der Waals surface area contributed by atoms with Crippen molar-refractivity contribution in [2.75, 3.05) is 0 Å². The first-order chi connectivity index (χ1) is 8.19. The van der Waals surface area contributed by atoms with Crippen LogP contribution in [0.15, 0.2) is 11.8 Å². The monoisotopic (exact) mass is 227 g/mol. The summed E-state index contributed by atoms with van der Waals surface area (Å²) in [5, 5.41) is 27.5. The maximum absolute atomic E-state index is 9.97. The number of aliphatic hydroxyl groups excluding tert-OH is 1. The van der Waals surface area contributed by atoms with Gasteiger partial charge in [0.2, 0.25) is 0 Å². The molecule has 86 valence electrons. The van der Waals surface area contributed by atoms with Crippen LogP contribution < -0.4 is 0 Å². The van der Waals surface area contributed by atoms with Crippen LogP contribution in [-0.4, -0.2) is 9.67 Å². The van der Waals surface area contributed by atoms with E-state index in [-0.39, 0.29) is 11.3 Å². The third-order valence-corrected chi connectivity index (χ3v) is 3.23. The quantitative estimate of drug-likeness (QED) is 0.590. The maximum Gasteiger partial charge on any atom is 0.171 e. The zero-order valence-electron chi connectivity index (χ0n) is 9.69. The molecule has 0 unspecified atom stereocenters. The van der Waals surface area contributed by atoms with Gasteiger partial charge < -0.3 is 9.67 Å². The van der Waals surface area contributed by atoms with Gasteiger partial charge in [0.05, 0.1) is 0 Å². The Hall–Kier alpha value is -2.20. The van der Waals surface area contributed by atoms with Gasteiger partial charge in [-0.1, -0.05) is 0 Å². The number of aryl methyl sites for hydroxylation is 1. The zero-order chi connectivity index (χ0) is 12.4. The third-order valence-electron chi connectivity index (χ3n) is 3.23. The van der Waals surface area contributed by atoms with Gasteiger partial charge in [0.1, 0.15) is 12.1 Å². The molecule has 0 aliphatic heterocycles. The minimum Gasteiger partial charge on any atom is -0.505 e. The highest BCUT2D eigenvalue weighted by molar-refractivity contribution is 5.72.